The number of carbonyl (C=O) groups is 2. The lowest BCUT2D eigenvalue weighted by atomic mass is 9.95. The van der Waals surface area contributed by atoms with Gasteiger partial charge in [0.25, 0.3) is 0 Å². The minimum Gasteiger partial charge on any atom is -0.495 e. The Labute approximate surface area is 179 Å². The van der Waals surface area contributed by atoms with E-state index in [9.17, 15) is 14.7 Å². The van der Waals surface area contributed by atoms with Crippen molar-refractivity contribution in [1.29, 1.82) is 0 Å². The molecule has 0 aliphatic heterocycles. The quantitative estimate of drug-likeness (QED) is 0.623. The van der Waals surface area contributed by atoms with Crippen molar-refractivity contribution in [2.24, 2.45) is 0 Å². The first kappa shape index (κ1) is 20.0. The van der Waals surface area contributed by atoms with E-state index in [4.69, 9.17) is 16.3 Å². The molecule has 1 amide bonds. The fourth-order valence-electron chi connectivity index (χ4n) is 3.97. The summed E-state index contributed by atoms with van der Waals surface area (Å²) in [6.45, 7) is 0. The van der Waals surface area contributed by atoms with E-state index < -0.39 is 17.9 Å². The molecule has 0 fully saturated rings. The predicted molar refractivity (Wildman–Crippen MR) is 115 cm³/mol. The SMILES string of the molecule is COc1ccc(C[C@H](NC(=O)C2c3ccccc3-c3ccccc32)C(=O)O)cc1Cl. The minimum atomic E-state index is -1.10. The molecule has 30 heavy (non-hydrogen) atoms. The van der Waals surface area contributed by atoms with Crippen LogP contribution in [0.3, 0.4) is 0 Å². The molecule has 3 aromatic carbocycles. The number of hydrogen-bond acceptors (Lipinski definition) is 3. The molecule has 0 heterocycles. The molecule has 1 aliphatic carbocycles. The van der Waals surface area contributed by atoms with Crippen molar-refractivity contribution in [3.8, 4) is 16.9 Å². The summed E-state index contributed by atoms with van der Waals surface area (Å²) >= 11 is 6.15. The summed E-state index contributed by atoms with van der Waals surface area (Å²) in [5.41, 5.74) is 4.46. The van der Waals surface area contributed by atoms with Crippen LogP contribution in [0.4, 0.5) is 0 Å². The Kier molecular flexibility index (Phi) is 5.46. The van der Waals surface area contributed by atoms with Crippen LogP contribution in [0.5, 0.6) is 5.75 Å². The molecule has 4 rings (SSSR count). The molecule has 1 aliphatic rings. The zero-order valence-corrected chi connectivity index (χ0v) is 17.0. The maximum absolute atomic E-state index is 13.2. The Bertz CT molecular complexity index is 1080. The van der Waals surface area contributed by atoms with Crippen LogP contribution in [0.2, 0.25) is 5.02 Å². The fourth-order valence-corrected chi connectivity index (χ4v) is 4.25. The lowest BCUT2D eigenvalue weighted by Crippen LogP contribution is -2.44. The molecule has 0 unspecified atom stereocenters. The number of carboxylic acid groups (broad SMARTS) is 1. The molecule has 0 saturated heterocycles. The Balaban J connectivity index is 1.60. The Hall–Kier alpha value is -3.31. The highest BCUT2D eigenvalue weighted by atomic mass is 35.5. The van der Waals surface area contributed by atoms with Gasteiger partial charge in [0.1, 0.15) is 11.8 Å². The van der Waals surface area contributed by atoms with Crippen molar-refractivity contribution >= 4 is 23.5 Å². The number of carboxylic acids is 1. The average Bonchev–Trinajstić information content (AvgIpc) is 3.08. The zero-order chi connectivity index (χ0) is 21.3. The standard InChI is InChI=1S/C24H20ClNO4/c1-30-21-11-10-14(12-19(21)25)13-20(24(28)29)26-23(27)22-17-8-4-2-6-15(17)16-7-3-5-9-18(16)22/h2-12,20,22H,13H2,1H3,(H,26,27)(H,28,29)/t20-/m0/s1. The predicted octanol–water partition coefficient (Wildman–Crippen LogP) is 4.27. The monoisotopic (exact) mass is 421 g/mol. The highest BCUT2D eigenvalue weighted by Crippen LogP contribution is 2.44. The van der Waals surface area contributed by atoms with Gasteiger partial charge in [0, 0.05) is 6.42 Å². The van der Waals surface area contributed by atoms with E-state index in [-0.39, 0.29) is 12.3 Å². The van der Waals surface area contributed by atoms with Crippen LogP contribution in [0.25, 0.3) is 11.1 Å². The van der Waals surface area contributed by atoms with Crippen molar-refractivity contribution in [2.45, 2.75) is 18.4 Å². The van der Waals surface area contributed by atoms with Crippen LogP contribution in [-0.2, 0) is 16.0 Å². The van der Waals surface area contributed by atoms with Gasteiger partial charge >= 0.3 is 5.97 Å². The van der Waals surface area contributed by atoms with Crippen molar-refractivity contribution in [2.75, 3.05) is 7.11 Å². The van der Waals surface area contributed by atoms with Crippen LogP contribution in [0.1, 0.15) is 22.6 Å². The molecule has 6 heteroatoms. The van der Waals surface area contributed by atoms with E-state index in [0.717, 1.165) is 22.3 Å². The molecule has 2 N–H and O–H groups in total. The smallest absolute Gasteiger partial charge is 0.326 e. The summed E-state index contributed by atoms with van der Waals surface area (Å²) in [5, 5.41) is 12.8. The molecule has 0 saturated carbocycles. The number of halogens is 1. The first-order valence-electron chi connectivity index (χ1n) is 9.53. The van der Waals surface area contributed by atoms with E-state index in [1.54, 1.807) is 18.2 Å². The summed E-state index contributed by atoms with van der Waals surface area (Å²) in [6, 6.07) is 19.4. The highest BCUT2D eigenvalue weighted by Gasteiger charge is 2.35. The summed E-state index contributed by atoms with van der Waals surface area (Å²) in [7, 11) is 1.51. The Morgan fingerprint density at radius 2 is 1.63 bits per heavy atom. The third kappa shape index (κ3) is 3.64. The number of ether oxygens (including phenoxy) is 1. The molecule has 0 radical (unpaired) electrons. The summed E-state index contributed by atoms with van der Waals surface area (Å²) < 4.78 is 5.13. The van der Waals surface area contributed by atoms with E-state index >= 15 is 0 Å². The van der Waals surface area contributed by atoms with Crippen LogP contribution < -0.4 is 10.1 Å². The second-order valence-corrected chi connectivity index (χ2v) is 7.59. The minimum absolute atomic E-state index is 0.112. The number of rotatable bonds is 6. The topological polar surface area (TPSA) is 75.6 Å². The normalized spacial score (nSPS) is 13.3. The number of benzene rings is 3. The van der Waals surface area contributed by atoms with Gasteiger partial charge in [-0.2, -0.15) is 0 Å². The lowest BCUT2D eigenvalue weighted by molar-refractivity contribution is -0.141. The van der Waals surface area contributed by atoms with E-state index in [1.807, 2.05) is 48.5 Å². The van der Waals surface area contributed by atoms with Crippen molar-refractivity contribution in [1.82, 2.24) is 5.32 Å². The van der Waals surface area contributed by atoms with E-state index in [0.29, 0.717) is 16.3 Å². The van der Waals surface area contributed by atoms with Gasteiger partial charge in [-0.3, -0.25) is 4.79 Å². The molecular weight excluding hydrogens is 402 g/mol. The van der Waals surface area contributed by atoms with Gasteiger partial charge in [-0.05, 0) is 39.9 Å². The first-order valence-corrected chi connectivity index (χ1v) is 9.91. The Morgan fingerprint density at radius 1 is 1.03 bits per heavy atom. The molecule has 5 nitrogen and oxygen atoms in total. The maximum Gasteiger partial charge on any atom is 0.326 e. The van der Waals surface area contributed by atoms with Crippen LogP contribution >= 0.6 is 11.6 Å². The fraction of sp³-hybridized carbons (Fsp3) is 0.167. The molecule has 1 atom stereocenters. The number of amides is 1. The second-order valence-electron chi connectivity index (χ2n) is 7.18. The summed E-state index contributed by atoms with van der Waals surface area (Å²) in [5.74, 6) is -1.47. The molecule has 0 bridgehead atoms. The van der Waals surface area contributed by atoms with Gasteiger partial charge in [-0.25, -0.2) is 4.79 Å². The molecule has 0 spiro atoms. The number of nitrogens with one attached hydrogen (secondary N) is 1. The zero-order valence-electron chi connectivity index (χ0n) is 16.3. The van der Waals surface area contributed by atoms with Crippen LogP contribution in [0.15, 0.2) is 66.7 Å². The van der Waals surface area contributed by atoms with E-state index in [2.05, 4.69) is 5.32 Å². The van der Waals surface area contributed by atoms with Crippen LogP contribution in [0, 0.1) is 0 Å². The number of methoxy groups -OCH3 is 1. The summed E-state index contributed by atoms with van der Waals surface area (Å²) in [6.07, 6.45) is 0.112. The van der Waals surface area contributed by atoms with Crippen LogP contribution in [-0.4, -0.2) is 30.1 Å². The van der Waals surface area contributed by atoms with Crippen molar-refractivity contribution < 1.29 is 19.4 Å². The van der Waals surface area contributed by atoms with Gasteiger partial charge in [0.05, 0.1) is 18.1 Å². The first-order chi connectivity index (χ1) is 14.5. The molecule has 152 valence electrons. The third-order valence-electron chi connectivity index (χ3n) is 5.37. The number of aliphatic carboxylic acids is 1. The number of fused-ring (bicyclic) bond motifs is 3. The van der Waals surface area contributed by atoms with Gasteiger partial charge in [-0.1, -0.05) is 66.2 Å². The van der Waals surface area contributed by atoms with E-state index in [1.165, 1.54) is 7.11 Å². The third-order valence-corrected chi connectivity index (χ3v) is 5.66. The molecule has 3 aromatic rings. The molecular formula is C24H20ClNO4. The summed E-state index contributed by atoms with van der Waals surface area (Å²) in [4.78, 5) is 25.1. The lowest BCUT2D eigenvalue weighted by Gasteiger charge is -2.19. The second kappa shape index (κ2) is 8.20. The van der Waals surface area contributed by atoms with Crippen molar-refractivity contribution in [3.63, 3.8) is 0 Å². The average molecular weight is 422 g/mol. The Morgan fingerprint density at radius 3 is 2.17 bits per heavy atom. The molecule has 0 aromatic heterocycles. The van der Waals surface area contributed by atoms with Gasteiger partial charge in [0.2, 0.25) is 5.91 Å². The van der Waals surface area contributed by atoms with Gasteiger partial charge < -0.3 is 15.2 Å². The van der Waals surface area contributed by atoms with Gasteiger partial charge in [-0.15, -0.1) is 0 Å². The van der Waals surface area contributed by atoms with Crippen molar-refractivity contribution in [3.05, 3.63) is 88.4 Å². The number of carbonyl (C=O) groups excluding carboxylic acids is 1. The highest BCUT2D eigenvalue weighted by molar-refractivity contribution is 6.32. The largest absolute Gasteiger partial charge is 0.495 e. The maximum atomic E-state index is 13.2. The number of hydrogen-bond donors (Lipinski definition) is 2. The van der Waals surface area contributed by atoms with Gasteiger partial charge in [0.15, 0.2) is 0 Å².